The maximum atomic E-state index is 11.8. The van der Waals surface area contributed by atoms with Gasteiger partial charge >= 0.3 is 6.18 Å². The lowest BCUT2D eigenvalue weighted by Crippen LogP contribution is -2.41. The highest BCUT2D eigenvalue weighted by Crippen LogP contribution is 2.21. The van der Waals surface area contributed by atoms with Crippen LogP contribution < -0.4 is 10.6 Å². The zero-order valence-corrected chi connectivity index (χ0v) is 9.99. The van der Waals surface area contributed by atoms with Gasteiger partial charge < -0.3 is 10.6 Å². The summed E-state index contributed by atoms with van der Waals surface area (Å²) in [5.74, 6) is 0.627. The topological polar surface area (TPSA) is 36.4 Å². The second kappa shape index (κ2) is 7.35. The molecule has 0 bridgehead atoms. The molecule has 0 atom stereocenters. The molecular formula is C10H20F3N3. The first-order valence-corrected chi connectivity index (χ1v) is 5.39. The zero-order valence-electron chi connectivity index (χ0n) is 9.99. The average Bonchev–Trinajstić information content (AvgIpc) is 2.13. The molecular weight excluding hydrogens is 219 g/mol. The summed E-state index contributed by atoms with van der Waals surface area (Å²) in [5.41, 5.74) is 0. The van der Waals surface area contributed by atoms with Crippen molar-refractivity contribution in [1.82, 2.24) is 10.6 Å². The highest BCUT2D eigenvalue weighted by atomic mass is 19.4. The van der Waals surface area contributed by atoms with Crippen LogP contribution in [0.5, 0.6) is 0 Å². The molecule has 0 saturated carbocycles. The molecule has 3 nitrogen and oxygen atoms in total. The Hall–Kier alpha value is -0.940. The van der Waals surface area contributed by atoms with E-state index in [4.69, 9.17) is 0 Å². The van der Waals surface area contributed by atoms with Crippen LogP contribution in [0.15, 0.2) is 4.99 Å². The van der Waals surface area contributed by atoms with E-state index in [1.54, 1.807) is 7.05 Å². The van der Waals surface area contributed by atoms with Crippen LogP contribution in [0.25, 0.3) is 0 Å². The van der Waals surface area contributed by atoms with Gasteiger partial charge in [0.15, 0.2) is 5.96 Å². The predicted octanol–water partition coefficient (Wildman–Crippen LogP) is 2.29. The van der Waals surface area contributed by atoms with Crippen LogP contribution in [0.3, 0.4) is 0 Å². The summed E-state index contributed by atoms with van der Waals surface area (Å²) < 4.78 is 35.5. The van der Waals surface area contributed by atoms with Crippen molar-refractivity contribution < 1.29 is 13.2 Å². The van der Waals surface area contributed by atoms with Gasteiger partial charge in [-0.05, 0) is 26.7 Å². The summed E-state index contributed by atoms with van der Waals surface area (Å²) in [6.07, 6.45) is -4.13. The summed E-state index contributed by atoms with van der Waals surface area (Å²) in [6, 6.07) is 0.251. The molecule has 0 heterocycles. The zero-order chi connectivity index (χ0) is 12.6. The molecule has 0 aromatic rings. The summed E-state index contributed by atoms with van der Waals surface area (Å²) in [6.45, 7) is 4.44. The SMILES string of the molecule is CN=C(NCCCCC(F)(F)F)NC(C)C. The standard InChI is InChI=1S/C10H20F3N3/c1-8(2)16-9(14-3)15-7-5-4-6-10(11,12)13/h8H,4-7H2,1-3H3,(H2,14,15,16). The van der Waals surface area contributed by atoms with Gasteiger partial charge in [-0.25, -0.2) is 0 Å². The number of hydrogen-bond acceptors (Lipinski definition) is 1. The van der Waals surface area contributed by atoms with Gasteiger partial charge in [0.05, 0.1) is 0 Å². The molecule has 0 saturated heterocycles. The quantitative estimate of drug-likeness (QED) is 0.439. The molecule has 0 aliphatic heterocycles. The fraction of sp³-hybridized carbons (Fsp3) is 0.900. The molecule has 0 aromatic carbocycles. The van der Waals surface area contributed by atoms with E-state index in [0.717, 1.165) is 0 Å². The van der Waals surface area contributed by atoms with Gasteiger partial charge in [-0.1, -0.05) is 0 Å². The average molecular weight is 239 g/mol. The molecule has 0 radical (unpaired) electrons. The first-order chi connectivity index (χ1) is 7.35. The van der Waals surface area contributed by atoms with Gasteiger partial charge in [0, 0.05) is 26.1 Å². The Balaban J connectivity index is 3.57. The molecule has 0 aliphatic rings. The Morgan fingerprint density at radius 2 is 1.88 bits per heavy atom. The predicted molar refractivity (Wildman–Crippen MR) is 59.5 cm³/mol. The van der Waals surface area contributed by atoms with Crippen LogP contribution in [0.4, 0.5) is 13.2 Å². The molecule has 0 fully saturated rings. The number of hydrogen-bond donors (Lipinski definition) is 2. The van der Waals surface area contributed by atoms with Crippen molar-refractivity contribution in [1.29, 1.82) is 0 Å². The lowest BCUT2D eigenvalue weighted by Gasteiger charge is -2.14. The molecule has 96 valence electrons. The number of nitrogens with zero attached hydrogens (tertiary/aromatic N) is 1. The van der Waals surface area contributed by atoms with E-state index in [9.17, 15) is 13.2 Å². The summed E-state index contributed by atoms with van der Waals surface area (Å²) in [7, 11) is 1.63. The summed E-state index contributed by atoms with van der Waals surface area (Å²) >= 11 is 0. The number of guanidine groups is 1. The van der Waals surface area contributed by atoms with E-state index < -0.39 is 12.6 Å². The first kappa shape index (κ1) is 15.1. The summed E-state index contributed by atoms with van der Waals surface area (Å²) in [5, 5.41) is 6.01. The highest BCUT2D eigenvalue weighted by Gasteiger charge is 2.25. The van der Waals surface area contributed by atoms with Gasteiger partial charge in [-0.15, -0.1) is 0 Å². The van der Waals surface area contributed by atoms with E-state index in [2.05, 4.69) is 15.6 Å². The number of nitrogens with one attached hydrogen (secondary N) is 2. The number of rotatable bonds is 5. The third-order valence-corrected chi connectivity index (χ3v) is 1.83. The molecule has 16 heavy (non-hydrogen) atoms. The van der Waals surface area contributed by atoms with Crippen molar-refractivity contribution in [2.24, 2.45) is 4.99 Å². The molecule has 0 rings (SSSR count). The lowest BCUT2D eigenvalue weighted by atomic mass is 10.2. The molecule has 0 aliphatic carbocycles. The van der Waals surface area contributed by atoms with Crippen molar-refractivity contribution in [3.8, 4) is 0 Å². The third-order valence-electron chi connectivity index (χ3n) is 1.83. The second-order valence-corrected chi connectivity index (χ2v) is 3.87. The van der Waals surface area contributed by atoms with E-state index in [0.29, 0.717) is 18.9 Å². The van der Waals surface area contributed by atoms with Gasteiger partial charge in [0.2, 0.25) is 0 Å². The van der Waals surface area contributed by atoms with Crippen LogP contribution in [-0.2, 0) is 0 Å². The van der Waals surface area contributed by atoms with Crippen molar-refractivity contribution >= 4 is 5.96 Å². The Bertz CT molecular complexity index is 212. The van der Waals surface area contributed by atoms with E-state index >= 15 is 0 Å². The largest absolute Gasteiger partial charge is 0.389 e. The fourth-order valence-corrected chi connectivity index (χ4v) is 1.13. The van der Waals surface area contributed by atoms with Crippen LogP contribution in [-0.4, -0.2) is 31.8 Å². The maximum Gasteiger partial charge on any atom is 0.389 e. The number of aliphatic imine (C=N–C) groups is 1. The van der Waals surface area contributed by atoms with Crippen LogP contribution in [0.1, 0.15) is 33.1 Å². The second-order valence-electron chi connectivity index (χ2n) is 3.87. The van der Waals surface area contributed by atoms with Crippen molar-refractivity contribution in [3.63, 3.8) is 0 Å². The molecule has 2 N–H and O–H groups in total. The van der Waals surface area contributed by atoms with Crippen molar-refractivity contribution in [3.05, 3.63) is 0 Å². The molecule has 0 spiro atoms. The van der Waals surface area contributed by atoms with E-state index in [1.165, 1.54) is 0 Å². The number of alkyl halides is 3. The van der Waals surface area contributed by atoms with Gasteiger partial charge in [-0.2, -0.15) is 13.2 Å². The van der Waals surface area contributed by atoms with Gasteiger partial charge in [-0.3, -0.25) is 4.99 Å². The Labute approximate surface area is 94.5 Å². The third kappa shape index (κ3) is 9.61. The highest BCUT2D eigenvalue weighted by molar-refractivity contribution is 5.79. The van der Waals surface area contributed by atoms with Crippen molar-refractivity contribution in [2.75, 3.05) is 13.6 Å². The maximum absolute atomic E-state index is 11.8. The van der Waals surface area contributed by atoms with Crippen molar-refractivity contribution in [2.45, 2.75) is 45.3 Å². The fourth-order valence-electron chi connectivity index (χ4n) is 1.13. The molecule has 0 amide bonds. The van der Waals surface area contributed by atoms with Crippen LogP contribution in [0.2, 0.25) is 0 Å². The number of halogens is 3. The van der Waals surface area contributed by atoms with Crippen LogP contribution in [0, 0.1) is 0 Å². The van der Waals surface area contributed by atoms with Crippen LogP contribution >= 0.6 is 0 Å². The first-order valence-electron chi connectivity index (χ1n) is 5.39. The lowest BCUT2D eigenvalue weighted by molar-refractivity contribution is -0.135. The molecule has 0 unspecified atom stereocenters. The van der Waals surface area contributed by atoms with Gasteiger partial charge in [0.25, 0.3) is 0 Å². The van der Waals surface area contributed by atoms with E-state index in [-0.39, 0.29) is 12.5 Å². The van der Waals surface area contributed by atoms with E-state index in [1.807, 2.05) is 13.8 Å². The monoisotopic (exact) mass is 239 g/mol. The Morgan fingerprint density at radius 3 is 2.31 bits per heavy atom. The Morgan fingerprint density at radius 1 is 1.25 bits per heavy atom. The minimum atomic E-state index is -4.04. The normalized spacial score (nSPS) is 13.1. The molecule has 0 aromatic heterocycles. The summed E-state index contributed by atoms with van der Waals surface area (Å²) in [4.78, 5) is 3.95. The minimum Gasteiger partial charge on any atom is -0.356 e. The molecule has 6 heteroatoms. The minimum absolute atomic E-state index is 0.148. The number of unbranched alkanes of at least 4 members (excludes halogenated alkanes) is 1. The smallest absolute Gasteiger partial charge is 0.356 e. The Kier molecular flexibility index (Phi) is 6.92. The van der Waals surface area contributed by atoms with Gasteiger partial charge in [0.1, 0.15) is 0 Å².